The van der Waals surface area contributed by atoms with Gasteiger partial charge in [-0.25, -0.2) is 0 Å². The van der Waals surface area contributed by atoms with Crippen LogP contribution in [0.4, 0.5) is 0 Å². The number of ether oxygens (including phenoxy) is 1. The van der Waals surface area contributed by atoms with Crippen molar-refractivity contribution in [2.75, 3.05) is 0 Å². The van der Waals surface area contributed by atoms with E-state index in [0.29, 0.717) is 6.42 Å². The normalized spacial score (nSPS) is 43.8. The van der Waals surface area contributed by atoms with Gasteiger partial charge in [0.1, 0.15) is 6.10 Å². The molecule has 1 aliphatic heterocycles. The van der Waals surface area contributed by atoms with Gasteiger partial charge < -0.3 is 20.7 Å². The Morgan fingerprint density at radius 2 is 2.30 bits per heavy atom. The molecule has 1 aliphatic rings. The molecule has 4 nitrogen and oxygen atoms in total. The number of hydrogen-bond acceptors (Lipinski definition) is 4. The summed E-state index contributed by atoms with van der Waals surface area (Å²) in [5.74, 6) is 0. The molecule has 4 N–H and O–H groups in total. The third kappa shape index (κ3) is 1.46. The molecule has 4 atom stereocenters. The van der Waals surface area contributed by atoms with Crippen molar-refractivity contribution in [3.8, 4) is 0 Å². The van der Waals surface area contributed by atoms with Crippen molar-refractivity contribution in [3.05, 3.63) is 0 Å². The second-order valence-corrected chi connectivity index (χ2v) is 2.70. The Kier molecular flexibility index (Phi) is 2.25. The van der Waals surface area contributed by atoms with Gasteiger partial charge >= 0.3 is 0 Å². The van der Waals surface area contributed by atoms with Crippen molar-refractivity contribution in [3.63, 3.8) is 0 Å². The largest absolute Gasteiger partial charge is 0.391 e. The summed E-state index contributed by atoms with van der Waals surface area (Å²) in [6.45, 7) is 1.60. The molecule has 0 aromatic carbocycles. The maximum absolute atomic E-state index is 9.02. The Morgan fingerprint density at radius 3 is 2.50 bits per heavy atom. The van der Waals surface area contributed by atoms with Crippen molar-refractivity contribution >= 4 is 0 Å². The monoisotopic (exact) mass is 147 g/mol. The van der Waals surface area contributed by atoms with E-state index in [1.54, 1.807) is 6.92 Å². The lowest BCUT2D eigenvalue weighted by Gasteiger charge is -2.16. The van der Waals surface area contributed by atoms with Gasteiger partial charge in [-0.05, 0) is 6.92 Å². The molecular weight excluding hydrogens is 134 g/mol. The topological polar surface area (TPSA) is 75.7 Å². The minimum Gasteiger partial charge on any atom is -0.391 e. The molecule has 1 rings (SSSR count). The van der Waals surface area contributed by atoms with Crippen molar-refractivity contribution in [2.45, 2.75) is 37.9 Å². The van der Waals surface area contributed by atoms with Crippen molar-refractivity contribution in [1.82, 2.24) is 0 Å². The number of hydrogen-bond donors (Lipinski definition) is 3. The lowest BCUT2D eigenvalue weighted by Crippen LogP contribution is -2.38. The van der Waals surface area contributed by atoms with Crippen LogP contribution >= 0.6 is 0 Å². The Bertz CT molecular complexity index is 118. The highest BCUT2D eigenvalue weighted by molar-refractivity contribution is 4.84. The summed E-state index contributed by atoms with van der Waals surface area (Å²) in [5, 5.41) is 17.9. The zero-order valence-electron chi connectivity index (χ0n) is 5.90. The van der Waals surface area contributed by atoms with Gasteiger partial charge in [0.15, 0.2) is 6.29 Å². The Labute approximate surface area is 59.6 Å². The summed E-state index contributed by atoms with van der Waals surface area (Å²) in [6.07, 6.45) is -1.40. The molecule has 0 aliphatic carbocycles. The van der Waals surface area contributed by atoms with Crippen LogP contribution in [0.3, 0.4) is 0 Å². The standard InChI is InChI=1S/C6H13NO3/c1-3(8)6-4(7)2-5(9)10-6/h3-6,8-9H,2,7H2,1H3/t3-,4-,5-,6+/m0/s1. The molecule has 0 aromatic rings. The fourth-order valence-electron chi connectivity index (χ4n) is 1.18. The van der Waals surface area contributed by atoms with Gasteiger partial charge in [0.2, 0.25) is 0 Å². The third-order valence-corrected chi connectivity index (χ3v) is 1.69. The lowest BCUT2D eigenvalue weighted by molar-refractivity contribution is -0.118. The first-order valence-electron chi connectivity index (χ1n) is 3.38. The zero-order chi connectivity index (χ0) is 7.72. The van der Waals surface area contributed by atoms with Gasteiger partial charge in [0.25, 0.3) is 0 Å². The van der Waals surface area contributed by atoms with Crippen LogP contribution in [-0.2, 0) is 4.74 Å². The van der Waals surface area contributed by atoms with E-state index in [0.717, 1.165) is 0 Å². The Morgan fingerprint density at radius 1 is 1.70 bits per heavy atom. The SMILES string of the molecule is C[C@H](O)[C@H]1O[C@H](O)C[C@@H]1N. The number of aliphatic hydroxyl groups is 2. The van der Waals surface area contributed by atoms with E-state index >= 15 is 0 Å². The molecule has 10 heavy (non-hydrogen) atoms. The minimum atomic E-state index is -0.797. The van der Waals surface area contributed by atoms with Crippen molar-refractivity contribution in [1.29, 1.82) is 0 Å². The van der Waals surface area contributed by atoms with E-state index in [4.69, 9.17) is 20.7 Å². The van der Waals surface area contributed by atoms with Crippen LogP contribution in [0.15, 0.2) is 0 Å². The molecule has 0 radical (unpaired) electrons. The van der Waals surface area contributed by atoms with Gasteiger partial charge in [-0.3, -0.25) is 0 Å². The van der Waals surface area contributed by atoms with E-state index in [1.807, 2.05) is 0 Å². The van der Waals surface area contributed by atoms with E-state index < -0.39 is 18.5 Å². The van der Waals surface area contributed by atoms with Crippen molar-refractivity contribution in [2.24, 2.45) is 5.73 Å². The molecule has 1 saturated heterocycles. The van der Waals surface area contributed by atoms with Crippen molar-refractivity contribution < 1.29 is 14.9 Å². The molecule has 0 unspecified atom stereocenters. The second-order valence-electron chi connectivity index (χ2n) is 2.70. The molecule has 1 heterocycles. The highest BCUT2D eigenvalue weighted by atomic mass is 16.6. The predicted molar refractivity (Wildman–Crippen MR) is 35.2 cm³/mol. The van der Waals surface area contributed by atoms with Gasteiger partial charge in [-0.1, -0.05) is 0 Å². The van der Waals surface area contributed by atoms with E-state index in [-0.39, 0.29) is 6.04 Å². The van der Waals surface area contributed by atoms with Gasteiger partial charge in [0.05, 0.1) is 6.10 Å². The molecule has 0 bridgehead atoms. The van der Waals surface area contributed by atoms with E-state index in [1.165, 1.54) is 0 Å². The van der Waals surface area contributed by atoms with Crippen LogP contribution in [0.5, 0.6) is 0 Å². The first-order chi connectivity index (χ1) is 4.61. The number of aliphatic hydroxyl groups excluding tert-OH is 2. The fraction of sp³-hybridized carbons (Fsp3) is 1.00. The number of rotatable bonds is 1. The van der Waals surface area contributed by atoms with Crippen LogP contribution in [0.25, 0.3) is 0 Å². The van der Waals surface area contributed by atoms with Gasteiger partial charge in [-0.2, -0.15) is 0 Å². The summed E-state index contributed by atoms with van der Waals surface area (Å²) >= 11 is 0. The summed E-state index contributed by atoms with van der Waals surface area (Å²) in [5.41, 5.74) is 5.53. The number of nitrogens with two attached hydrogens (primary N) is 1. The average Bonchev–Trinajstić information content (AvgIpc) is 2.10. The lowest BCUT2D eigenvalue weighted by atomic mass is 10.1. The van der Waals surface area contributed by atoms with Crippen LogP contribution in [0, 0.1) is 0 Å². The minimum absolute atomic E-state index is 0.241. The highest BCUT2D eigenvalue weighted by Crippen LogP contribution is 2.19. The highest BCUT2D eigenvalue weighted by Gasteiger charge is 2.34. The third-order valence-electron chi connectivity index (χ3n) is 1.69. The molecular formula is C6H13NO3. The maximum Gasteiger partial charge on any atom is 0.156 e. The van der Waals surface area contributed by atoms with Gasteiger partial charge in [-0.15, -0.1) is 0 Å². The molecule has 60 valence electrons. The van der Waals surface area contributed by atoms with Crippen LogP contribution in [0.2, 0.25) is 0 Å². The molecule has 0 saturated carbocycles. The Balaban J connectivity index is 2.46. The maximum atomic E-state index is 9.02. The van der Waals surface area contributed by atoms with E-state index in [9.17, 15) is 0 Å². The summed E-state index contributed by atoms with van der Waals surface area (Å²) in [4.78, 5) is 0. The average molecular weight is 147 g/mol. The zero-order valence-corrected chi connectivity index (χ0v) is 5.90. The molecule has 0 spiro atoms. The molecule has 0 amide bonds. The van der Waals surface area contributed by atoms with E-state index in [2.05, 4.69) is 0 Å². The summed E-state index contributed by atoms with van der Waals surface area (Å²) in [6, 6.07) is -0.241. The van der Waals surface area contributed by atoms with Gasteiger partial charge in [0, 0.05) is 12.5 Å². The fourth-order valence-corrected chi connectivity index (χ4v) is 1.18. The smallest absolute Gasteiger partial charge is 0.156 e. The molecule has 0 aromatic heterocycles. The first-order valence-corrected chi connectivity index (χ1v) is 3.38. The van der Waals surface area contributed by atoms with Crippen LogP contribution in [-0.4, -0.2) is 34.8 Å². The quantitative estimate of drug-likeness (QED) is 0.435. The summed E-state index contributed by atoms with van der Waals surface area (Å²) in [7, 11) is 0. The summed E-state index contributed by atoms with van der Waals surface area (Å²) < 4.78 is 4.92. The second kappa shape index (κ2) is 2.84. The molecule has 1 fully saturated rings. The predicted octanol–water partition coefficient (Wildman–Crippen LogP) is -1.20. The van der Waals surface area contributed by atoms with Crippen LogP contribution < -0.4 is 5.73 Å². The van der Waals surface area contributed by atoms with Crippen LogP contribution in [0.1, 0.15) is 13.3 Å². The first kappa shape index (κ1) is 7.94. The Hall–Kier alpha value is -0.160. The molecule has 4 heteroatoms.